The molecular weight excluding hydrogens is 180 g/mol. The number of esters is 1. The van der Waals surface area contributed by atoms with E-state index in [1.165, 1.54) is 0 Å². The van der Waals surface area contributed by atoms with E-state index in [2.05, 4.69) is 4.74 Å². The molecule has 60 valence electrons. The fourth-order valence-corrected chi connectivity index (χ4v) is 0.393. The van der Waals surface area contributed by atoms with Crippen LogP contribution in [0, 0.1) is 12.3 Å². The van der Waals surface area contributed by atoms with E-state index in [0.717, 1.165) is 6.42 Å². The van der Waals surface area contributed by atoms with Crippen LogP contribution in [0.25, 0.3) is 0 Å². The van der Waals surface area contributed by atoms with Crippen LogP contribution in [0.3, 0.4) is 0 Å². The number of ether oxygens (including phenoxy) is 1. The minimum absolute atomic E-state index is 0. The maximum absolute atomic E-state index is 10.5. The van der Waals surface area contributed by atoms with Crippen molar-refractivity contribution in [3.05, 3.63) is 6.42 Å². The van der Waals surface area contributed by atoms with Crippen LogP contribution in [-0.4, -0.2) is 12.6 Å². The minimum Gasteiger partial charge on any atom is -0.690 e. The van der Waals surface area contributed by atoms with Crippen LogP contribution in [0.4, 0.5) is 0 Å². The summed E-state index contributed by atoms with van der Waals surface area (Å²) < 4.78 is 4.49. The predicted octanol–water partition coefficient (Wildman–Crippen LogP) is 0.917. The first kappa shape index (κ1) is 12.2. The van der Waals surface area contributed by atoms with E-state index in [-0.39, 0.29) is 29.6 Å². The van der Waals surface area contributed by atoms with Crippen molar-refractivity contribution in [3.63, 3.8) is 0 Å². The molecule has 0 radical (unpaired) electrons. The Labute approximate surface area is 71.8 Å². The Morgan fingerprint density at radius 3 is 2.70 bits per heavy atom. The van der Waals surface area contributed by atoms with Gasteiger partial charge in [-0.1, -0.05) is 6.92 Å². The van der Waals surface area contributed by atoms with Gasteiger partial charge in [0, 0.05) is 6.42 Å². The van der Waals surface area contributed by atoms with Crippen molar-refractivity contribution in [1.82, 2.24) is 0 Å². The maximum atomic E-state index is 10.5. The molecule has 0 bridgehead atoms. The number of hydrogen-bond donors (Lipinski definition) is 0. The molecule has 3 heteroatoms. The Morgan fingerprint density at radius 2 is 2.30 bits per heavy atom. The van der Waals surface area contributed by atoms with Gasteiger partial charge in [0.2, 0.25) is 0 Å². The van der Waals surface area contributed by atoms with Crippen molar-refractivity contribution >= 4 is 5.97 Å². The molecule has 0 aliphatic carbocycles. The second kappa shape index (κ2) is 8.55. The van der Waals surface area contributed by atoms with E-state index in [0.29, 0.717) is 6.42 Å². The Morgan fingerprint density at radius 1 is 1.70 bits per heavy atom. The van der Waals surface area contributed by atoms with E-state index < -0.39 is 0 Å². The molecule has 0 aliphatic heterocycles. The number of hydrogen-bond acceptors (Lipinski definition) is 2. The molecule has 0 saturated heterocycles. The first-order valence-electron chi connectivity index (χ1n) is 2.86. The molecule has 0 fully saturated rings. The standard InChI is InChI=1S/C7H9O2.Cu/c1-3-5-7(8)9-6-4-2;/h3,5-6H2,1H3;/q-1;+1. The summed E-state index contributed by atoms with van der Waals surface area (Å²) in [6.45, 7) is 1.88. The van der Waals surface area contributed by atoms with Gasteiger partial charge in [-0.15, -0.1) is 0 Å². The van der Waals surface area contributed by atoms with E-state index in [4.69, 9.17) is 6.42 Å². The van der Waals surface area contributed by atoms with Crippen LogP contribution in [0.15, 0.2) is 0 Å². The predicted molar refractivity (Wildman–Crippen MR) is 33.0 cm³/mol. The van der Waals surface area contributed by atoms with Crippen LogP contribution in [0.5, 0.6) is 0 Å². The molecule has 0 unspecified atom stereocenters. The van der Waals surface area contributed by atoms with Gasteiger partial charge in [-0.25, -0.2) is 0 Å². The van der Waals surface area contributed by atoms with E-state index in [1.807, 2.05) is 12.8 Å². The van der Waals surface area contributed by atoms with Crippen LogP contribution in [0.2, 0.25) is 0 Å². The summed E-state index contributed by atoms with van der Waals surface area (Å²) in [5.41, 5.74) is 0. The van der Waals surface area contributed by atoms with E-state index in [9.17, 15) is 4.79 Å². The topological polar surface area (TPSA) is 26.3 Å². The summed E-state index contributed by atoms with van der Waals surface area (Å²) in [6, 6.07) is 0. The quantitative estimate of drug-likeness (QED) is 0.285. The maximum Gasteiger partial charge on any atom is 1.00 e. The second-order valence-corrected chi connectivity index (χ2v) is 1.59. The summed E-state index contributed by atoms with van der Waals surface area (Å²) in [7, 11) is 0. The molecule has 0 aromatic heterocycles. The van der Waals surface area contributed by atoms with Gasteiger partial charge >= 0.3 is 23.0 Å². The number of carbonyl (C=O) groups is 1. The second-order valence-electron chi connectivity index (χ2n) is 1.59. The van der Waals surface area contributed by atoms with Crippen LogP contribution >= 0.6 is 0 Å². The van der Waals surface area contributed by atoms with Crippen molar-refractivity contribution in [2.24, 2.45) is 0 Å². The number of rotatable bonds is 3. The zero-order chi connectivity index (χ0) is 7.11. The molecule has 0 spiro atoms. The fourth-order valence-electron chi connectivity index (χ4n) is 0.393. The Bertz CT molecular complexity index is 126. The third-order valence-electron chi connectivity index (χ3n) is 0.759. The Kier molecular flexibility index (Phi) is 10.5. The van der Waals surface area contributed by atoms with Crippen LogP contribution in [0.1, 0.15) is 19.8 Å². The van der Waals surface area contributed by atoms with Gasteiger partial charge < -0.3 is 17.1 Å². The molecule has 2 nitrogen and oxygen atoms in total. The summed E-state index contributed by atoms with van der Waals surface area (Å²) in [5.74, 6) is 1.71. The van der Waals surface area contributed by atoms with Crippen molar-refractivity contribution in [1.29, 1.82) is 0 Å². The molecule has 0 saturated carbocycles. The molecule has 0 N–H and O–H groups in total. The third kappa shape index (κ3) is 7.55. The Balaban J connectivity index is 0. The number of carbonyl (C=O) groups excluding carboxylic acids is 1. The average molecular weight is 189 g/mol. The van der Waals surface area contributed by atoms with Crippen molar-refractivity contribution in [2.75, 3.05) is 6.61 Å². The summed E-state index contributed by atoms with van der Waals surface area (Å²) in [4.78, 5) is 10.5. The SMILES string of the molecule is [C-]#CCOC(=O)CCC.[Cu+]. The van der Waals surface area contributed by atoms with E-state index in [1.54, 1.807) is 0 Å². The van der Waals surface area contributed by atoms with Gasteiger partial charge in [-0.05, 0) is 6.42 Å². The van der Waals surface area contributed by atoms with Gasteiger partial charge in [-0.3, -0.25) is 4.79 Å². The van der Waals surface area contributed by atoms with E-state index >= 15 is 0 Å². The molecule has 0 atom stereocenters. The average Bonchev–Trinajstić information content (AvgIpc) is 1.85. The third-order valence-corrected chi connectivity index (χ3v) is 0.759. The van der Waals surface area contributed by atoms with Gasteiger partial charge in [0.1, 0.15) is 6.61 Å². The van der Waals surface area contributed by atoms with Gasteiger partial charge in [0.25, 0.3) is 0 Å². The molecule has 0 heterocycles. The fraction of sp³-hybridized carbons (Fsp3) is 0.571. The largest absolute Gasteiger partial charge is 1.00 e. The van der Waals surface area contributed by atoms with Gasteiger partial charge in [-0.2, -0.15) is 0 Å². The monoisotopic (exact) mass is 188 g/mol. The molecule has 0 aromatic carbocycles. The van der Waals surface area contributed by atoms with Gasteiger partial charge in [0.05, 0.1) is 0 Å². The molecule has 10 heavy (non-hydrogen) atoms. The van der Waals surface area contributed by atoms with Crippen LogP contribution < -0.4 is 0 Å². The summed E-state index contributed by atoms with van der Waals surface area (Å²) >= 11 is 0. The van der Waals surface area contributed by atoms with Crippen LogP contribution in [-0.2, 0) is 26.6 Å². The van der Waals surface area contributed by atoms with Crippen molar-refractivity contribution in [3.8, 4) is 5.92 Å². The zero-order valence-corrected chi connectivity index (χ0v) is 6.68. The first-order chi connectivity index (χ1) is 4.31. The summed E-state index contributed by atoms with van der Waals surface area (Å²) in [6.07, 6.45) is 7.62. The minimum atomic E-state index is -0.253. The van der Waals surface area contributed by atoms with Gasteiger partial charge in [0.15, 0.2) is 0 Å². The molecule has 0 aromatic rings. The Hall–Kier alpha value is -0.451. The molecule has 0 amide bonds. The smallest absolute Gasteiger partial charge is 0.690 e. The normalized spacial score (nSPS) is 7.20. The van der Waals surface area contributed by atoms with Crippen molar-refractivity contribution < 1.29 is 26.6 Å². The molecule has 0 aliphatic rings. The summed E-state index contributed by atoms with van der Waals surface area (Å²) in [5, 5.41) is 0. The zero-order valence-electron chi connectivity index (χ0n) is 5.74. The first-order valence-corrected chi connectivity index (χ1v) is 2.86. The van der Waals surface area contributed by atoms with Crippen molar-refractivity contribution in [2.45, 2.75) is 19.8 Å². The molecular formula is C7H9CuO2. The molecule has 0 rings (SSSR count).